The van der Waals surface area contributed by atoms with Gasteiger partial charge in [-0.15, -0.1) is 0 Å². The number of aliphatic hydroxyl groups excluding tert-OH is 3. The third-order valence-corrected chi connectivity index (χ3v) is 9.02. The average Bonchev–Trinajstić information content (AvgIpc) is 2.83. The molecule has 0 aliphatic heterocycles. The monoisotopic (exact) mass is 322 g/mol. The molecule has 0 aromatic rings. The SMILES string of the molecule is C[C@]12C[C@H](CO)[C@H](O)C[C@H]1CC[C@@H]1[C@@H]2CC[C@]2(C)[C@H](O)CC[C@@H]12. The van der Waals surface area contributed by atoms with Crippen LogP contribution >= 0.6 is 0 Å². The second-order valence-electron chi connectivity index (χ2n) is 9.74. The molecular weight excluding hydrogens is 288 g/mol. The van der Waals surface area contributed by atoms with Crippen molar-refractivity contribution in [3.63, 3.8) is 0 Å². The summed E-state index contributed by atoms with van der Waals surface area (Å²) in [4.78, 5) is 0. The Labute approximate surface area is 140 Å². The summed E-state index contributed by atoms with van der Waals surface area (Å²) in [5.74, 6) is 2.86. The quantitative estimate of drug-likeness (QED) is 0.695. The third-order valence-electron chi connectivity index (χ3n) is 9.02. The minimum Gasteiger partial charge on any atom is -0.396 e. The van der Waals surface area contributed by atoms with E-state index in [4.69, 9.17) is 0 Å². The highest BCUT2D eigenvalue weighted by Gasteiger charge is 2.60. The van der Waals surface area contributed by atoms with Crippen LogP contribution in [-0.2, 0) is 0 Å². The van der Waals surface area contributed by atoms with Crippen LogP contribution < -0.4 is 0 Å². The first kappa shape index (κ1) is 16.4. The lowest BCUT2D eigenvalue weighted by Crippen LogP contribution is -2.56. The van der Waals surface area contributed by atoms with Crippen molar-refractivity contribution >= 4 is 0 Å². The first-order chi connectivity index (χ1) is 10.9. The number of aliphatic hydroxyl groups is 3. The van der Waals surface area contributed by atoms with E-state index in [1.807, 2.05) is 0 Å². The fourth-order valence-corrected chi connectivity index (χ4v) is 7.58. The van der Waals surface area contributed by atoms with Crippen LogP contribution in [0.4, 0.5) is 0 Å². The zero-order chi connectivity index (χ0) is 16.4. The Balaban J connectivity index is 1.62. The van der Waals surface area contributed by atoms with Gasteiger partial charge in [-0.25, -0.2) is 0 Å². The highest BCUT2D eigenvalue weighted by molar-refractivity contribution is 5.10. The zero-order valence-electron chi connectivity index (χ0n) is 14.7. The van der Waals surface area contributed by atoms with Gasteiger partial charge in [0.1, 0.15) is 0 Å². The molecule has 0 amide bonds. The van der Waals surface area contributed by atoms with Gasteiger partial charge in [-0.3, -0.25) is 0 Å². The smallest absolute Gasteiger partial charge is 0.0596 e. The summed E-state index contributed by atoms with van der Waals surface area (Å²) in [5.41, 5.74) is 0.430. The van der Waals surface area contributed by atoms with Gasteiger partial charge >= 0.3 is 0 Å². The Hall–Kier alpha value is -0.120. The van der Waals surface area contributed by atoms with Crippen LogP contribution in [0.25, 0.3) is 0 Å². The molecule has 23 heavy (non-hydrogen) atoms. The summed E-state index contributed by atoms with van der Waals surface area (Å²) < 4.78 is 0. The number of hydrogen-bond acceptors (Lipinski definition) is 3. The van der Waals surface area contributed by atoms with Gasteiger partial charge in [0.2, 0.25) is 0 Å². The Morgan fingerprint density at radius 3 is 2.39 bits per heavy atom. The van der Waals surface area contributed by atoms with Crippen molar-refractivity contribution in [2.45, 2.75) is 77.4 Å². The summed E-state index contributed by atoms with van der Waals surface area (Å²) in [7, 11) is 0. The van der Waals surface area contributed by atoms with Crippen LogP contribution in [-0.4, -0.2) is 34.1 Å². The van der Waals surface area contributed by atoms with E-state index in [1.54, 1.807) is 0 Å². The largest absolute Gasteiger partial charge is 0.396 e. The van der Waals surface area contributed by atoms with Crippen molar-refractivity contribution in [3.8, 4) is 0 Å². The lowest BCUT2D eigenvalue weighted by Gasteiger charge is -2.61. The van der Waals surface area contributed by atoms with E-state index < -0.39 is 0 Å². The van der Waals surface area contributed by atoms with Gasteiger partial charge in [-0.05, 0) is 85.9 Å². The van der Waals surface area contributed by atoms with Crippen LogP contribution in [0, 0.1) is 40.4 Å². The second-order valence-corrected chi connectivity index (χ2v) is 9.74. The minimum absolute atomic E-state index is 0.0671. The van der Waals surface area contributed by atoms with E-state index in [9.17, 15) is 15.3 Å². The van der Waals surface area contributed by atoms with E-state index in [1.165, 1.54) is 25.7 Å². The lowest BCUT2D eigenvalue weighted by atomic mass is 9.44. The summed E-state index contributed by atoms with van der Waals surface area (Å²) >= 11 is 0. The second kappa shape index (κ2) is 5.44. The summed E-state index contributed by atoms with van der Waals surface area (Å²) in [6.45, 7) is 4.92. The van der Waals surface area contributed by atoms with Crippen LogP contribution in [0.2, 0.25) is 0 Å². The molecule has 3 nitrogen and oxygen atoms in total. The van der Waals surface area contributed by atoms with Gasteiger partial charge in [0.25, 0.3) is 0 Å². The molecule has 0 heterocycles. The fourth-order valence-electron chi connectivity index (χ4n) is 7.58. The minimum atomic E-state index is -0.309. The molecule has 0 aromatic carbocycles. The van der Waals surface area contributed by atoms with Gasteiger partial charge in [0.05, 0.1) is 12.2 Å². The van der Waals surface area contributed by atoms with Crippen molar-refractivity contribution in [3.05, 3.63) is 0 Å². The number of rotatable bonds is 1. The summed E-state index contributed by atoms with van der Waals surface area (Å²) in [6.07, 6.45) is 8.56. The highest BCUT2D eigenvalue weighted by atomic mass is 16.3. The topological polar surface area (TPSA) is 60.7 Å². The standard InChI is InChI=1S/C20H34O3/c1-19-8-7-16-14(15(19)5-6-18(19)23)4-3-13-9-17(22)12(11-21)10-20(13,16)2/h12-18,21-23H,3-11H2,1-2H3/t12-,13-,14+,15+,16+,17-,18-,19+,20+/m1/s1. The normalized spacial score (nSPS) is 59.1. The first-order valence-electron chi connectivity index (χ1n) is 9.87. The lowest BCUT2D eigenvalue weighted by molar-refractivity contribution is -0.152. The molecule has 132 valence electrons. The Kier molecular flexibility index (Phi) is 3.87. The molecule has 4 rings (SSSR count). The molecule has 9 atom stereocenters. The van der Waals surface area contributed by atoms with Crippen LogP contribution in [0.15, 0.2) is 0 Å². The zero-order valence-corrected chi connectivity index (χ0v) is 14.7. The van der Waals surface area contributed by atoms with Gasteiger partial charge in [0, 0.05) is 12.5 Å². The van der Waals surface area contributed by atoms with Gasteiger partial charge in [0.15, 0.2) is 0 Å². The number of hydrogen-bond donors (Lipinski definition) is 3. The first-order valence-corrected chi connectivity index (χ1v) is 9.87. The molecule has 0 unspecified atom stereocenters. The van der Waals surface area contributed by atoms with Gasteiger partial charge < -0.3 is 15.3 Å². The molecule has 0 saturated heterocycles. The van der Waals surface area contributed by atoms with E-state index in [0.29, 0.717) is 11.8 Å². The summed E-state index contributed by atoms with van der Waals surface area (Å²) in [6, 6.07) is 0. The predicted molar refractivity (Wildman–Crippen MR) is 89.7 cm³/mol. The Morgan fingerprint density at radius 1 is 0.913 bits per heavy atom. The van der Waals surface area contributed by atoms with Crippen LogP contribution in [0.3, 0.4) is 0 Å². The molecule has 4 aliphatic carbocycles. The van der Waals surface area contributed by atoms with Crippen molar-refractivity contribution in [1.29, 1.82) is 0 Å². The molecule has 4 aliphatic rings. The highest BCUT2D eigenvalue weighted by Crippen LogP contribution is 2.66. The van der Waals surface area contributed by atoms with Crippen molar-refractivity contribution in [2.24, 2.45) is 40.4 Å². The van der Waals surface area contributed by atoms with E-state index in [0.717, 1.165) is 37.5 Å². The molecule has 0 aromatic heterocycles. The number of fused-ring (bicyclic) bond motifs is 5. The van der Waals surface area contributed by atoms with E-state index in [2.05, 4.69) is 13.8 Å². The molecule has 3 heteroatoms. The maximum Gasteiger partial charge on any atom is 0.0596 e. The molecule has 0 spiro atoms. The molecule has 0 bridgehead atoms. The van der Waals surface area contributed by atoms with E-state index >= 15 is 0 Å². The molecule has 4 saturated carbocycles. The predicted octanol–water partition coefficient (Wildman–Crippen LogP) is 2.97. The van der Waals surface area contributed by atoms with Crippen LogP contribution in [0.1, 0.15) is 65.2 Å². The average molecular weight is 322 g/mol. The molecule has 0 radical (unpaired) electrons. The molecular formula is C20H34O3. The third kappa shape index (κ3) is 2.19. The van der Waals surface area contributed by atoms with Crippen molar-refractivity contribution in [2.75, 3.05) is 6.61 Å². The van der Waals surface area contributed by atoms with Gasteiger partial charge in [-0.2, -0.15) is 0 Å². The Morgan fingerprint density at radius 2 is 1.65 bits per heavy atom. The van der Waals surface area contributed by atoms with E-state index in [-0.39, 0.29) is 35.6 Å². The molecule has 3 N–H and O–H groups in total. The Bertz CT molecular complexity index is 466. The maximum atomic E-state index is 10.5. The summed E-state index contributed by atoms with van der Waals surface area (Å²) in [5, 5.41) is 30.6. The van der Waals surface area contributed by atoms with Crippen molar-refractivity contribution in [1.82, 2.24) is 0 Å². The van der Waals surface area contributed by atoms with Crippen LogP contribution in [0.5, 0.6) is 0 Å². The fraction of sp³-hybridized carbons (Fsp3) is 1.00. The van der Waals surface area contributed by atoms with Gasteiger partial charge in [-0.1, -0.05) is 13.8 Å². The maximum absolute atomic E-state index is 10.5. The van der Waals surface area contributed by atoms with Crippen molar-refractivity contribution < 1.29 is 15.3 Å². The molecule has 4 fully saturated rings.